The summed E-state index contributed by atoms with van der Waals surface area (Å²) in [6, 6.07) is 9.94. The third-order valence-corrected chi connectivity index (χ3v) is 4.73. The molecule has 0 unspecified atom stereocenters. The number of aromatic nitrogens is 4. The summed E-state index contributed by atoms with van der Waals surface area (Å²) in [5, 5.41) is 6.98. The summed E-state index contributed by atoms with van der Waals surface area (Å²) in [4.78, 5) is 20.3. The second-order valence-electron chi connectivity index (χ2n) is 6.64. The average Bonchev–Trinajstić information content (AvgIpc) is 3.20. The molecule has 3 heterocycles. The number of pyridine rings is 1. The van der Waals surface area contributed by atoms with Crippen LogP contribution < -0.4 is 4.90 Å². The van der Waals surface area contributed by atoms with E-state index in [1.165, 1.54) is 17.0 Å². The van der Waals surface area contributed by atoms with E-state index >= 15 is 0 Å². The fourth-order valence-corrected chi connectivity index (χ4v) is 3.30. The van der Waals surface area contributed by atoms with Crippen molar-refractivity contribution in [3.8, 4) is 5.69 Å². The summed E-state index contributed by atoms with van der Waals surface area (Å²) in [5.41, 5.74) is -2.31. The number of hydrogen-bond acceptors (Lipinski definition) is 5. The molecule has 2 aromatic heterocycles. The topological polar surface area (TPSA) is 67.2 Å². The Morgan fingerprint density at radius 1 is 1.00 bits per heavy atom. The summed E-state index contributed by atoms with van der Waals surface area (Å²) in [6.07, 6.45) is -3.26. The maximum Gasteiger partial charge on any atom is 0.435 e. The van der Waals surface area contributed by atoms with Crippen molar-refractivity contribution in [2.75, 3.05) is 31.1 Å². The zero-order valence-corrected chi connectivity index (χ0v) is 15.6. The quantitative estimate of drug-likeness (QED) is 0.610. The Kier molecular flexibility index (Phi) is 5.10. The third kappa shape index (κ3) is 3.82. The Hall–Kier alpha value is -3.50. The van der Waals surface area contributed by atoms with E-state index in [2.05, 4.69) is 15.3 Å². The highest BCUT2D eigenvalue weighted by Gasteiger charge is 2.43. The molecule has 0 N–H and O–H groups in total. The van der Waals surface area contributed by atoms with Gasteiger partial charge in [-0.15, -0.1) is 5.10 Å². The third-order valence-electron chi connectivity index (χ3n) is 4.73. The molecule has 7 nitrogen and oxygen atoms in total. The summed E-state index contributed by atoms with van der Waals surface area (Å²) >= 11 is 0. The summed E-state index contributed by atoms with van der Waals surface area (Å²) in [7, 11) is 0. The minimum Gasteiger partial charge on any atom is -0.353 e. The Bertz CT molecular complexity index is 1040. The first kappa shape index (κ1) is 19.8. The van der Waals surface area contributed by atoms with Gasteiger partial charge in [-0.1, -0.05) is 17.3 Å². The molecular formula is C19H16F4N6O. The van der Waals surface area contributed by atoms with Crippen LogP contribution in [-0.4, -0.2) is 57.0 Å². The molecule has 4 rings (SSSR count). The predicted octanol–water partition coefficient (Wildman–Crippen LogP) is 2.78. The first-order chi connectivity index (χ1) is 14.3. The molecule has 1 aromatic carbocycles. The van der Waals surface area contributed by atoms with Gasteiger partial charge in [-0.25, -0.2) is 14.1 Å². The van der Waals surface area contributed by atoms with E-state index in [4.69, 9.17) is 0 Å². The minimum atomic E-state index is -4.91. The lowest BCUT2D eigenvalue weighted by molar-refractivity contribution is -0.143. The highest BCUT2D eigenvalue weighted by Crippen LogP contribution is 2.33. The number of nitrogens with zero attached hydrogens (tertiary/aromatic N) is 6. The van der Waals surface area contributed by atoms with Crippen LogP contribution in [0, 0.1) is 5.82 Å². The Balaban J connectivity index is 1.59. The van der Waals surface area contributed by atoms with Gasteiger partial charge in [0, 0.05) is 32.4 Å². The second kappa shape index (κ2) is 7.73. The van der Waals surface area contributed by atoms with Crippen LogP contribution in [0.5, 0.6) is 0 Å². The van der Waals surface area contributed by atoms with E-state index in [1.807, 2.05) is 17.0 Å². The lowest BCUT2D eigenvalue weighted by atomic mass is 10.2. The fourth-order valence-electron chi connectivity index (χ4n) is 3.30. The molecule has 0 bridgehead atoms. The SMILES string of the molecule is O=C(c1nnn(-c2cccc(F)c2)c1C(F)(F)F)N1CCN(c2ccccn2)CC1. The van der Waals surface area contributed by atoms with Gasteiger partial charge in [0.1, 0.15) is 11.6 Å². The van der Waals surface area contributed by atoms with Crippen LogP contribution in [0.25, 0.3) is 5.69 Å². The van der Waals surface area contributed by atoms with Crippen molar-refractivity contribution in [3.63, 3.8) is 0 Å². The molecule has 30 heavy (non-hydrogen) atoms. The van der Waals surface area contributed by atoms with E-state index < -0.39 is 29.3 Å². The van der Waals surface area contributed by atoms with Crippen molar-refractivity contribution in [2.45, 2.75) is 6.18 Å². The van der Waals surface area contributed by atoms with Crippen LogP contribution in [0.15, 0.2) is 48.7 Å². The van der Waals surface area contributed by atoms with Gasteiger partial charge < -0.3 is 9.80 Å². The molecule has 156 valence electrons. The van der Waals surface area contributed by atoms with Gasteiger partial charge >= 0.3 is 6.18 Å². The van der Waals surface area contributed by atoms with E-state index in [0.29, 0.717) is 17.8 Å². The van der Waals surface area contributed by atoms with Crippen molar-refractivity contribution in [1.29, 1.82) is 0 Å². The van der Waals surface area contributed by atoms with Gasteiger partial charge in [0.05, 0.1) is 5.69 Å². The number of alkyl halides is 3. The Morgan fingerprint density at radius 3 is 2.40 bits per heavy atom. The Labute approximate surface area is 168 Å². The fraction of sp³-hybridized carbons (Fsp3) is 0.263. The van der Waals surface area contributed by atoms with E-state index in [9.17, 15) is 22.4 Å². The Morgan fingerprint density at radius 2 is 1.77 bits per heavy atom. The minimum absolute atomic E-state index is 0.172. The van der Waals surface area contributed by atoms with Gasteiger partial charge in [-0.2, -0.15) is 13.2 Å². The van der Waals surface area contributed by atoms with Crippen molar-refractivity contribution >= 4 is 11.7 Å². The van der Waals surface area contributed by atoms with Crippen LogP contribution >= 0.6 is 0 Å². The molecule has 3 aromatic rings. The van der Waals surface area contributed by atoms with Crippen LogP contribution in [0.3, 0.4) is 0 Å². The molecule has 0 atom stereocenters. The van der Waals surface area contributed by atoms with Crippen molar-refractivity contribution < 1.29 is 22.4 Å². The highest BCUT2D eigenvalue weighted by molar-refractivity contribution is 5.93. The monoisotopic (exact) mass is 420 g/mol. The van der Waals surface area contributed by atoms with Crippen molar-refractivity contribution in [1.82, 2.24) is 24.9 Å². The average molecular weight is 420 g/mol. The normalized spacial score (nSPS) is 14.8. The lowest BCUT2D eigenvalue weighted by Gasteiger charge is -2.35. The van der Waals surface area contributed by atoms with Gasteiger partial charge in [0.25, 0.3) is 5.91 Å². The van der Waals surface area contributed by atoms with Crippen LogP contribution in [-0.2, 0) is 6.18 Å². The number of carbonyl (C=O) groups is 1. The molecule has 11 heteroatoms. The smallest absolute Gasteiger partial charge is 0.353 e. The van der Waals surface area contributed by atoms with E-state index in [1.54, 1.807) is 12.3 Å². The molecule has 1 amide bonds. The standard InChI is InChI=1S/C19H16F4N6O/c20-13-4-3-5-14(12-13)29-17(19(21,22)23)16(25-26-29)18(30)28-10-8-27(9-11-28)15-6-1-2-7-24-15/h1-7,12H,8-11H2. The number of amides is 1. The lowest BCUT2D eigenvalue weighted by Crippen LogP contribution is -2.49. The summed E-state index contributed by atoms with van der Waals surface area (Å²) in [6.45, 7) is 1.25. The molecular weight excluding hydrogens is 404 g/mol. The molecule has 0 spiro atoms. The van der Waals surface area contributed by atoms with E-state index in [0.717, 1.165) is 18.0 Å². The molecule has 0 radical (unpaired) electrons. The number of halogens is 4. The number of anilines is 1. The van der Waals surface area contributed by atoms with Crippen molar-refractivity contribution in [2.24, 2.45) is 0 Å². The maximum atomic E-state index is 13.8. The number of carbonyl (C=O) groups excluding carboxylic acids is 1. The van der Waals surface area contributed by atoms with Crippen LogP contribution in [0.2, 0.25) is 0 Å². The zero-order valence-electron chi connectivity index (χ0n) is 15.6. The van der Waals surface area contributed by atoms with Crippen molar-refractivity contribution in [3.05, 3.63) is 65.9 Å². The van der Waals surface area contributed by atoms with Gasteiger partial charge in [0.2, 0.25) is 0 Å². The first-order valence-corrected chi connectivity index (χ1v) is 9.08. The number of hydrogen-bond donors (Lipinski definition) is 0. The first-order valence-electron chi connectivity index (χ1n) is 9.08. The zero-order chi connectivity index (χ0) is 21.3. The molecule has 0 aliphatic carbocycles. The highest BCUT2D eigenvalue weighted by atomic mass is 19.4. The number of piperazine rings is 1. The second-order valence-corrected chi connectivity index (χ2v) is 6.64. The van der Waals surface area contributed by atoms with Gasteiger partial charge in [-0.05, 0) is 30.3 Å². The maximum absolute atomic E-state index is 13.8. The predicted molar refractivity (Wildman–Crippen MR) is 98.7 cm³/mol. The van der Waals surface area contributed by atoms with Crippen LogP contribution in [0.1, 0.15) is 16.2 Å². The molecule has 0 saturated carbocycles. The molecule has 1 aliphatic rings. The van der Waals surface area contributed by atoms with Crippen LogP contribution in [0.4, 0.5) is 23.4 Å². The number of benzene rings is 1. The molecule has 1 aliphatic heterocycles. The molecule has 1 fully saturated rings. The van der Waals surface area contributed by atoms with Gasteiger partial charge in [-0.3, -0.25) is 4.79 Å². The van der Waals surface area contributed by atoms with E-state index in [-0.39, 0.29) is 18.8 Å². The summed E-state index contributed by atoms with van der Waals surface area (Å²) in [5.74, 6) is -0.863. The number of rotatable bonds is 3. The largest absolute Gasteiger partial charge is 0.435 e. The summed E-state index contributed by atoms with van der Waals surface area (Å²) < 4.78 is 55.2. The molecule has 1 saturated heterocycles. The van der Waals surface area contributed by atoms with Gasteiger partial charge in [0.15, 0.2) is 11.4 Å².